The summed E-state index contributed by atoms with van der Waals surface area (Å²) >= 11 is 0. The van der Waals surface area contributed by atoms with Crippen LogP contribution in [0.25, 0.3) is 16.8 Å². The topological polar surface area (TPSA) is 62.1 Å². The van der Waals surface area contributed by atoms with Crippen molar-refractivity contribution in [3.05, 3.63) is 60.2 Å². The molecule has 0 aliphatic carbocycles. The Labute approximate surface area is 158 Å². The molecule has 0 spiro atoms. The number of aromatic amines is 1. The second-order valence-corrected chi connectivity index (χ2v) is 7.92. The molecule has 4 aromatic rings. The van der Waals surface area contributed by atoms with Crippen molar-refractivity contribution < 1.29 is 0 Å². The molecule has 1 aromatic carbocycles. The molecule has 4 heterocycles. The number of nitrogens with one attached hydrogen (secondary N) is 1. The lowest BCUT2D eigenvalue weighted by Gasteiger charge is -2.20. The van der Waals surface area contributed by atoms with Gasteiger partial charge in [0.2, 0.25) is 0 Å². The van der Waals surface area contributed by atoms with E-state index in [-0.39, 0.29) is 0 Å². The van der Waals surface area contributed by atoms with Crippen LogP contribution in [0.2, 0.25) is 0 Å². The normalized spacial score (nSPS) is 21.0. The molecule has 0 amide bonds. The summed E-state index contributed by atoms with van der Waals surface area (Å²) in [6.07, 6.45) is 3.73. The Kier molecular flexibility index (Phi) is 3.93. The van der Waals surface area contributed by atoms with E-state index in [0.717, 1.165) is 42.3 Å². The van der Waals surface area contributed by atoms with Gasteiger partial charge in [-0.25, -0.2) is 4.98 Å². The van der Waals surface area contributed by atoms with Crippen molar-refractivity contribution in [3.63, 3.8) is 0 Å². The molecule has 138 valence electrons. The van der Waals surface area contributed by atoms with E-state index >= 15 is 0 Å². The zero-order valence-corrected chi connectivity index (χ0v) is 15.7. The Morgan fingerprint density at radius 1 is 1.11 bits per heavy atom. The van der Waals surface area contributed by atoms with Gasteiger partial charge < -0.3 is 4.98 Å². The molecule has 0 saturated carbocycles. The molecule has 27 heavy (non-hydrogen) atoms. The molecule has 0 bridgehead atoms. The van der Waals surface area contributed by atoms with Crippen LogP contribution in [0.1, 0.15) is 31.2 Å². The zero-order valence-electron chi connectivity index (χ0n) is 15.7. The van der Waals surface area contributed by atoms with Crippen molar-refractivity contribution in [1.82, 2.24) is 29.5 Å². The minimum Gasteiger partial charge on any atom is -0.345 e. The van der Waals surface area contributed by atoms with Crippen molar-refractivity contribution in [2.24, 2.45) is 11.8 Å². The standard InChI is InChI=1S/C21H24N6/c1-14(2)16-12-26(11-15-6-4-3-5-7-15)13-17(16)21-25-24-19-10-23-20-18(27(19)21)8-9-22-20/h3-10,14,16-17,22H,11-13H2,1-2H3/t16-,17-/m1/s1. The molecule has 0 radical (unpaired) electrons. The molecule has 3 aromatic heterocycles. The van der Waals surface area contributed by atoms with Crippen molar-refractivity contribution in [1.29, 1.82) is 0 Å². The highest BCUT2D eigenvalue weighted by atomic mass is 15.3. The maximum absolute atomic E-state index is 4.61. The van der Waals surface area contributed by atoms with Crippen LogP contribution in [0.15, 0.2) is 48.8 Å². The van der Waals surface area contributed by atoms with E-state index in [1.54, 1.807) is 6.20 Å². The third kappa shape index (κ3) is 2.80. The van der Waals surface area contributed by atoms with Gasteiger partial charge in [0.1, 0.15) is 5.82 Å². The lowest BCUT2D eigenvalue weighted by Crippen LogP contribution is -2.21. The minimum atomic E-state index is 0.365. The molecule has 5 rings (SSSR count). The van der Waals surface area contributed by atoms with E-state index in [2.05, 4.69) is 79.7 Å². The van der Waals surface area contributed by atoms with Crippen molar-refractivity contribution in [2.75, 3.05) is 13.1 Å². The van der Waals surface area contributed by atoms with E-state index in [1.807, 2.05) is 6.20 Å². The van der Waals surface area contributed by atoms with E-state index in [0.29, 0.717) is 17.8 Å². The van der Waals surface area contributed by atoms with Gasteiger partial charge in [-0.3, -0.25) is 9.30 Å². The lowest BCUT2D eigenvalue weighted by molar-refractivity contribution is 0.296. The number of benzene rings is 1. The summed E-state index contributed by atoms with van der Waals surface area (Å²) < 4.78 is 2.19. The summed E-state index contributed by atoms with van der Waals surface area (Å²) in [6, 6.07) is 12.8. The maximum Gasteiger partial charge on any atom is 0.179 e. The first kappa shape index (κ1) is 16.4. The minimum absolute atomic E-state index is 0.365. The molecule has 2 atom stereocenters. The summed E-state index contributed by atoms with van der Waals surface area (Å²) in [7, 11) is 0. The first-order valence-electron chi connectivity index (χ1n) is 9.64. The summed E-state index contributed by atoms with van der Waals surface area (Å²) in [6.45, 7) is 7.72. The van der Waals surface area contributed by atoms with Crippen molar-refractivity contribution in [3.8, 4) is 0 Å². The predicted molar refractivity (Wildman–Crippen MR) is 105 cm³/mol. The Bertz CT molecular complexity index is 1060. The fourth-order valence-electron chi connectivity index (χ4n) is 4.47. The number of nitrogens with zero attached hydrogens (tertiary/aromatic N) is 5. The SMILES string of the molecule is CC(C)[C@H]1CN(Cc2ccccc2)C[C@H]1c1nnc2cnc3[nH]ccc3n12. The van der Waals surface area contributed by atoms with Gasteiger partial charge in [-0.1, -0.05) is 44.2 Å². The number of rotatable bonds is 4. The fourth-order valence-corrected chi connectivity index (χ4v) is 4.47. The molecule has 1 fully saturated rings. The molecule has 1 aliphatic heterocycles. The molecule has 6 nitrogen and oxygen atoms in total. The molecule has 1 saturated heterocycles. The van der Waals surface area contributed by atoms with Gasteiger partial charge in [0, 0.05) is 31.7 Å². The first-order valence-corrected chi connectivity index (χ1v) is 9.64. The van der Waals surface area contributed by atoms with Gasteiger partial charge in [0.15, 0.2) is 11.3 Å². The van der Waals surface area contributed by atoms with E-state index < -0.39 is 0 Å². The van der Waals surface area contributed by atoms with Crippen LogP contribution >= 0.6 is 0 Å². The van der Waals surface area contributed by atoms with Crippen LogP contribution < -0.4 is 0 Å². The Hall–Kier alpha value is -2.73. The molecule has 1 N–H and O–H groups in total. The van der Waals surface area contributed by atoms with Gasteiger partial charge in [0.25, 0.3) is 0 Å². The monoisotopic (exact) mass is 360 g/mol. The summed E-state index contributed by atoms with van der Waals surface area (Å²) in [4.78, 5) is 10.2. The number of aromatic nitrogens is 5. The van der Waals surface area contributed by atoms with E-state index in [4.69, 9.17) is 0 Å². The van der Waals surface area contributed by atoms with Crippen LogP contribution in [0.4, 0.5) is 0 Å². The highest BCUT2D eigenvalue weighted by Gasteiger charge is 2.38. The van der Waals surface area contributed by atoms with Gasteiger partial charge in [-0.2, -0.15) is 0 Å². The second-order valence-electron chi connectivity index (χ2n) is 7.92. The van der Waals surface area contributed by atoms with E-state index in [9.17, 15) is 0 Å². The Morgan fingerprint density at radius 3 is 2.78 bits per heavy atom. The summed E-state index contributed by atoms with van der Waals surface area (Å²) in [5.41, 5.74) is 4.12. The second kappa shape index (κ2) is 6.46. The quantitative estimate of drug-likeness (QED) is 0.605. The molecule has 0 unspecified atom stereocenters. The van der Waals surface area contributed by atoms with Crippen LogP contribution in [0, 0.1) is 11.8 Å². The number of hydrogen-bond acceptors (Lipinski definition) is 4. The number of fused-ring (bicyclic) bond motifs is 3. The van der Waals surface area contributed by atoms with Gasteiger partial charge in [-0.05, 0) is 23.5 Å². The van der Waals surface area contributed by atoms with E-state index in [1.165, 1.54) is 5.56 Å². The average Bonchev–Trinajstić information content (AvgIpc) is 3.39. The Morgan fingerprint density at radius 2 is 1.96 bits per heavy atom. The highest BCUT2D eigenvalue weighted by molar-refractivity contribution is 5.74. The zero-order chi connectivity index (χ0) is 18.4. The van der Waals surface area contributed by atoms with Crippen LogP contribution in [-0.4, -0.2) is 42.6 Å². The number of H-pyrrole nitrogens is 1. The maximum atomic E-state index is 4.61. The van der Waals surface area contributed by atoms with Crippen LogP contribution in [0.5, 0.6) is 0 Å². The Balaban J connectivity index is 1.53. The average molecular weight is 360 g/mol. The third-order valence-corrected chi connectivity index (χ3v) is 5.84. The largest absolute Gasteiger partial charge is 0.345 e. The van der Waals surface area contributed by atoms with Gasteiger partial charge in [-0.15, -0.1) is 10.2 Å². The van der Waals surface area contributed by atoms with Crippen molar-refractivity contribution >= 4 is 16.8 Å². The first-order chi connectivity index (χ1) is 13.2. The van der Waals surface area contributed by atoms with Crippen molar-refractivity contribution in [2.45, 2.75) is 26.3 Å². The van der Waals surface area contributed by atoms with Gasteiger partial charge >= 0.3 is 0 Å². The number of hydrogen-bond donors (Lipinski definition) is 1. The summed E-state index contributed by atoms with van der Waals surface area (Å²) in [5, 5.41) is 9.03. The van der Waals surface area contributed by atoms with Crippen LogP contribution in [0.3, 0.4) is 0 Å². The highest BCUT2D eigenvalue weighted by Crippen LogP contribution is 2.37. The lowest BCUT2D eigenvalue weighted by atomic mass is 9.85. The molecule has 6 heteroatoms. The van der Waals surface area contributed by atoms with Crippen LogP contribution in [-0.2, 0) is 6.54 Å². The predicted octanol–water partition coefficient (Wildman–Crippen LogP) is 3.48. The molecular weight excluding hydrogens is 336 g/mol. The fraction of sp³-hybridized carbons (Fsp3) is 0.381. The number of likely N-dealkylation sites (tertiary alicyclic amines) is 1. The summed E-state index contributed by atoms with van der Waals surface area (Å²) in [5.74, 6) is 2.57. The third-order valence-electron chi connectivity index (χ3n) is 5.84. The smallest absolute Gasteiger partial charge is 0.179 e. The van der Waals surface area contributed by atoms with Gasteiger partial charge in [0.05, 0.1) is 11.7 Å². The molecular formula is C21H24N6. The molecule has 1 aliphatic rings.